The van der Waals surface area contributed by atoms with Crippen LogP contribution in [0.5, 0.6) is 0 Å². The van der Waals surface area contributed by atoms with Crippen LogP contribution in [-0.2, 0) is 6.42 Å². The number of nitrogens with one attached hydrogen (secondary N) is 1. The fourth-order valence-electron chi connectivity index (χ4n) is 4.73. The quantitative estimate of drug-likeness (QED) is 0.0937. The molecule has 0 spiro atoms. The number of carbonyl (C=O) groups is 1. The van der Waals surface area contributed by atoms with E-state index in [1.54, 1.807) is 30.5 Å². The minimum Gasteiger partial charge on any atom is -0.324 e. The molecule has 2 amide bonds. The Hall–Kier alpha value is -4.69. The Morgan fingerprint density at radius 3 is 2.21 bits per heavy atom. The maximum Gasteiger partial charge on any atom is 0.323 e. The first-order valence-corrected chi connectivity index (χ1v) is 14.7. The average Bonchev–Trinajstić information content (AvgIpc) is 3.40. The van der Waals surface area contributed by atoms with Gasteiger partial charge in [-0.3, -0.25) is 10.3 Å². The van der Waals surface area contributed by atoms with E-state index < -0.39 is 0 Å². The van der Waals surface area contributed by atoms with E-state index in [4.69, 9.17) is 17.1 Å². The molecule has 1 N–H and O–H groups in total. The number of halogens is 1. The predicted molar refractivity (Wildman–Crippen MR) is 169 cm³/mol. The van der Waals surface area contributed by atoms with Crippen LogP contribution in [0.25, 0.3) is 21.7 Å². The fourth-order valence-corrected chi connectivity index (χ4v) is 5.81. The van der Waals surface area contributed by atoms with Gasteiger partial charge in [0.15, 0.2) is 5.13 Å². The van der Waals surface area contributed by atoms with Crippen LogP contribution in [0, 0.1) is 0 Å². The molecule has 8 nitrogen and oxygen atoms in total. The van der Waals surface area contributed by atoms with Crippen molar-refractivity contribution >= 4 is 39.8 Å². The first kappa shape index (κ1) is 28.8. The third kappa shape index (κ3) is 7.53. The van der Waals surface area contributed by atoms with Gasteiger partial charge >= 0.3 is 6.03 Å². The Bertz CT molecular complexity index is 1600. The summed E-state index contributed by atoms with van der Waals surface area (Å²) in [7, 11) is 0. The van der Waals surface area contributed by atoms with Gasteiger partial charge < -0.3 is 4.90 Å². The zero-order chi connectivity index (χ0) is 29.1. The van der Waals surface area contributed by atoms with Crippen molar-refractivity contribution in [1.82, 2.24) is 14.9 Å². The molecule has 0 atom stereocenters. The van der Waals surface area contributed by atoms with Crippen LogP contribution in [0.15, 0.2) is 114 Å². The number of azide groups is 1. The van der Waals surface area contributed by atoms with Gasteiger partial charge in [-0.2, -0.15) is 0 Å². The van der Waals surface area contributed by atoms with E-state index in [1.807, 2.05) is 59.5 Å². The summed E-state index contributed by atoms with van der Waals surface area (Å²) in [4.78, 5) is 27.3. The number of nitrogens with zero attached hydrogens (tertiary/aromatic N) is 6. The lowest BCUT2D eigenvalue weighted by molar-refractivity contribution is 0.210. The van der Waals surface area contributed by atoms with Crippen molar-refractivity contribution in [2.45, 2.75) is 18.8 Å². The molecule has 2 heterocycles. The number of aromatic nitrogens is 2. The van der Waals surface area contributed by atoms with E-state index in [9.17, 15) is 4.79 Å². The van der Waals surface area contributed by atoms with Gasteiger partial charge in [-0.15, -0.1) is 0 Å². The Kier molecular flexibility index (Phi) is 9.80. The minimum absolute atomic E-state index is 0.131. The SMILES string of the molecule is [N-]=[N+]=Nc1ccc(-c2nc(NC(=O)N(CCc3ccccn3)CCC(c3ccccc3)c3ccccc3)sc2Cl)cc1. The molecule has 0 unspecified atom stereocenters. The number of pyridine rings is 1. The van der Waals surface area contributed by atoms with Crippen molar-refractivity contribution in [3.8, 4) is 11.3 Å². The molecule has 5 rings (SSSR count). The van der Waals surface area contributed by atoms with Gasteiger partial charge in [0.25, 0.3) is 0 Å². The third-order valence-electron chi connectivity index (χ3n) is 6.84. The largest absolute Gasteiger partial charge is 0.324 e. The molecule has 0 saturated carbocycles. The van der Waals surface area contributed by atoms with Gasteiger partial charge in [0.05, 0.1) is 0 Å². The molecular weight excluding hydrogens is 566 g/mol. The molecule has 42 heavy (non-hydrogen) atoms. The molecule has 0 aliphatic carbocycles. The highest BCUT2D eigenvalue weighted by molar-refractivity contribution is 7.20. The van der Waals surface area contributed by atoms with Gasteiger partial charge in [0.1, 0.15) is 10.0 Å². The van der Waals surface area contributed by atoms with Crippen LogP contribution in [-0.4, -0.2) is 34.0 Å². The maximum atomic E-state index is 13.7. The van der Waals surface area contributed by atoms with Crippen molar-refractivity contribution in [2.24, 2.45) is 5.11 Å². The fraction of sp³-hybridized carbons (Fsp3) is 0.156. The number of hydrogen-bond donors (Lipinski definition) is 1. The Morgan fingerprint density at radius 1 is 0.929 bits per heavy atom. The summed E-state index contributed by atoms with van der Waals surface area (Å²) in [5.74, 6) is 0.131. The highest BCUT2D eigenvalue weighted by Gasteiger charge is 2.21. The summed E-state index contributed by atoms with van der Waals surface area (Å²) in [5, 5.41) is 6.97. The van der Waals surface area contributed by atoms with E-state index in [0.29, 0.717) is 40.4 Å². The molecular formula is C32H28ClN7OS. The zero-order valence-corrected chi connectivity index (χ0v) is 24.2. The Balaban J connectivity index is 1.35. The first-order chi connectivity index (χ1) is 20.6. The summed E-state index contributed by atoms with van der Waals surface area (Å²) in [6.45, 7) is 1.02. The van der Waals surface area contributed by atoms with Crippen LogP contribution in [0.3, 0.4) is 0 Å². The van der Waals surface area contributed by atoms with Gasteiger partial charge in [-0.1, -0.05) is 119 Å². The highest BCUT2D eigenvalue weighted by Crippen LogP contribution is 2.36. The lowest BCUT2D eigenvalue weighted by Gasteiger charge is -2.26. The molecule has 2 aromatic heterocycles. The molecule has 0 aliphatic heterocycles. The molecule has 0 aliphatic rings. The third-order valence-corrected chi connectivity index (χ3v) is 8.01. The molecule has 10 heteroatoms. The second-order valence-corrected chi connectivity index (χ2v) is 11.1. The van der Waals surface area contributed by atoms with Crippen molar-refractivity contribution in [3.63, 3.8) is 0 Å². The lowest BCUT2D eigenvalue weighted by atomic mass is 9.88. The number of amides is 2. The highest BCUT2D eigenvalue weighted by atomic mass is 35.5. The summed E-state index contributed by atoms with van der Waals surface area (Å²) in [5.41, 5.74) is 13.8. The van der Waals surface area contributed by atoms with Gasteiger partial charge in [0.2, 0.25) is 0 Å². The molecule has 0 bridgehead atoms. The van der Waals surface area contributed by atoms with Crippen LogP contribution in [0.1, 0.15) is 29.2 Å². The number of thiazole rings is 1. The maximum absolute atomic E-state index is 13.7. The van der Waals surface area contributed by atoms with E-state index in [2.05, 4.69) is 49.6 Å². The lowest BCUT2D eigenvalue weighted by Crippen LogP contribution is -2.38. The van der Waals surface area contributed by atoms with Crippen molar-refractivity contribution < 1.29 is 4.79 Å². The molecule has 0 fully saturated rings. The van der Waals surface area contributed by atoms with Crippen LogP contribution >= 0.6 is 22.9 Å². The Labute approximate surface area is 253 Å². The summed E-state index contributed by atoms with van der Waals surface area (Å²) in [6, 6.07) is 33.2. The monoisotopic (exact) mass is 593 g/mol. The second kappa shape index (κ2) is 14.3. The second-order valence-electron chi connectivity index (χ2n) is 9.53. The van der Waals surface area contributed by atoms with Crippen molar-refractivity contribution in [2.75, 3.05) is 18.4 Å². The Morgan fingerprint density at radius 2 is 1.60 bits per heavy atom. The van der Waals surface area contributed by atoms with E-state index in [0.717, 1.165) is 17.7 Å². The molecule has 0 saturated heterocycles. The molecule has 3 aromatic carbocycles. The van der Waals surface area contributed by atoms with Crippen molar-refractivity contribution in [1.29, 1.82) is 0 Å². The standard InChI is InChI=1S/C32H28ClN7OS/c33-30-29(25-14-16-27(17-15-25)38-39-34)36-31(42-30)37-32(41)40(21-18-26-13-7-8-20-35-26)22-19-28(23-9-3-1-4-10-23)24-11-5-2-6-12-24/h1-17,20,28H,18-19,21-22H2,(H,36,37,41). The normalized spacial score (nSPS) is 10.7. The first-order valence-electron chi connectivity index (χ1n) is 13.5. The zero-order valence-electron chi connectivity index (χ0n) is 22.7. The number of hydrogen-bond acceptors (Lipinski definition) is 5. The predicted octanol–water partition coefficient (Wildman–Crippen LogP) is 9.10. The van der Waals surface area contributed by atoms with Gasteiger partial charge in [-0.05, 0) is 35.2 Å². The van der Waals surface area contributed by atoms with E-state index in [1.165, 1.54) is 22.5 Å². The number of rotatable bonds is 11. The van der Waals surface area contributed by atoms with Gasteiger partial charge in [-0.25, -0.2) is 9.78 Å². The average molecular weight is 594 g/mol. The summed E-state index contributed by atoms with van der Waals surface area (Å²) in [6.07, 6.45) is 3.13. The van der Waals surface area contributed by atoms with Crippen LogP contribution in [0.4, 0.5) is 15.6 Å². The summed E-state index contributed by atoms with van der Waals surface area (Å²) >= 11 is 7.73. The summed E-state index contributed by atoms with van der Waals surface area (Å²) < 4.78 is 0.454. The number of carbonyl (C=O) groups excluding carboxylic acids is 1. The van der Waals surface area contributed by atoms with E-state index >= 15 is 0 Å². The molecule has 5 aromatic rings. The number of urea groups is 1. The molecule has 0 radical (unpaired) electrons. The van der Waals surface area contributed by atoms with Crippen molar-refractivity contribution in [3.05, 3.63) is 141 Å². The van der Waals surface area contributed by atoms with E-state index in [-0.39, 0.29) is 11.9 Å². The number of benzene rings is 3. The van der Waals surface area contributed by atoms with Crippen LogP contribution in [0.2, 0.25) is 4.34 Å². The van der Waals surface area contributed by atoms with Gasteiger partial charge in [0, 0.05) is 53.5 Å². The minimum atomic E-state index is -0.249. The topological polar surface area (TPSA) is 107 Å². The smallest absolute Gasteiger partial charge is 0.323 e. The van der Waals surface area contributed by atoms with Crippen LogP contribution < -0.4 is 5.32 Å². The number of anilines is 1. The molecule has 210 valence electrons.